The standard InChI is InChI=1S/C14H18FNO2/c1-11(15)13-8-5-9-16(13)14(17)18-10-12-6-3-2-4-7-12/h2-4,6-7,11,13H,5,8-10H2,1H3. The molecule has 1 aromatic rings. The summed E-state index contributed by atoms with van der Waals surface area (Å²) in [6.07, 6.45) is 0.153. The van der Waals surface area contributed by atoms with Crippen molar-refractivity contribution in [3.05, 3.63) is 35.9 Å². The Bertz CT molecular complexity index is 394. The maximum Gasteiger partial charge on any atom is 0.410 e. The van der Waals surface area contributed by atoms with Crippen LogP contribution in [0, 0.1) is 0 Å². The molecule has 2 unspecified atom stereocenters. The summed E-state index contributed by atoms with van der Waals surface area (Å²) in [7, 11) is 0. The van der Waals surface area contributed by atoms with E-state index in [2.05, 4.69) is 0 Å². The zero-order valence-corrected chi connectivity index (χ0v) is 10.5. The number of carbonyl (C=O) groups excluding carboxylic acids is 1. The SMILES string of the molecule is CC(F)C1CCCN1C(=O)OCc1ccccc1. The van der Waals surface area contributed by atoms with Crippen LogP contribution in [0.1, 0.15) is 25.3 Å². The minimum atomic E-state index is -1.00. The van der Waals surface area contributed by atoms with E-state index in [9.17, 15) is 9.18 Å². The van der Waals surface area contributed by atoms with Crippen LogP contribution in [0.5, 0.6) is 0 Å². The third kappa shape index (κ3) is 3.00. The van der Waals surface area contributed by atoms with E-state index in [0.29, 0.717) is 6.54 Å². The second kappa shape index (κ2) is 5.85. The first kappa shape index (κ1) is 12.9. The molecule has 2 rings (SSSR count). The van der Waals surface area contributed by atoms with Gasteiger partial charge in [-0.25, -0.2) is 9.18 Å². The lowest BCUT2D eigenvalue weighted by Crippen LogP contribution is -2.40. The Morgan fingerprint density at radius 2 is 2.22 bits per heavy atom. The van der Waals surface area contributed by atoms with Gasteiger partial charge in [0.25, 0.3) is 0 Å². The molecule has 1 aliphatic heterocycles. The maximum absolute atomic E-state index is 13.3. The van der Waals surface area contributed by atoms with Crippen LogP contribution in [0.15, 0.2) is 30.3 Å². The fourth-order valence-electron chi connectivity index (χ4n) is 2.30. The summed E-state index contributed by atoms with van der Waals surface area (Å²) in [6, 6.07) is 9.16. The van der Waals surface area contributed by atoms with E-state index in [-0.39, 0.29) is 12.6 Å². The predicted octanol–water partition coefficient (Wildman–Crippen LogP) is 3.15. The number of halogens is 1. The van der Waals surface area contributed by atoms with Gasteiger partial charge >= 0.3 is 6.09 Å². The lowest BCUT2D eigenvalue weighted by molar-refractivity contribution is 0.0774. The molecule has 1 fully saturated rings. The van der Waals surface area contributed by atoms with Gasteiger partial charge in [-0.2, -0.15) is 0 Å². The largest absolute Gasteiger partial charge is 0.445 e. The van der Waals surface area contributed by atoms with Crippen LogP contribution < -0.4 is 0 Å². The van der Waals surface area contributed by atoms with Crippen molar-refractivity contribution in [2.24, 2.45) is 0 Å². The highest BCUT2D eigenvalue weighted by atomic mass is 19.1. The van der Waals surface area contributed by atoms with E-state index in [4.69, 9.17) is 4.74 Å². The van der Waals surface area contributed by atoms with Crippen molar-refractivity contribution in [1.29, 1.82) is 0 Å². The Balaban J connectivity index is 1.88. The average Bonchev–Trinajstić information content (AvgIpc) is 2.86. The molecule has 18 heavy (non-hydrogen) atoms. The van der Waals surface area contributed by atoms with Crippen molar-refractivity contribution in [2.45, 2.75) is 38.6 Å². The zero-order chi connectivity index (χ0) is 13.0. The van der Waals surface area contributed by atoms with E-state index in [1.807, 2.05) is 30.3 Å². The third-order valence-corrected chi connectivity index (χ3v) is 3.27. The molecule has 1 aromatic carbocycles. The van der Waals surface area contributed by atoms with E-state index in [0.717, 1.165) is 18.4 Å². The van der Waals surface area contributed by atoms with Crippen LogP contribution in [-0.2, 0) is 11.3 Å². The molecule has 1 amide bonds. The van der Waals surface area contributed by atoms with Gasteiger partial charge in [0.05, 0.1) is 6.04 Å². The number of nitrogens with zero attached hydrogens (tertiary/aromatic N) is 1. The lowest BCUT2D eigenvalue weighted by atomic mass is 10.1. The summed E-state index contributed by atoms with van der Waals surface area (Å²) >= 11 is 0. The molecule has 0 saturated carbocycles. The molecule has 1 aliphatic rings. The Labute approximate surface area is 107 Å². The number of likely N-dealkylation sites (tertiary alicyclic amines) is 1. The molecular weight excluding hydrogens is 233 g/mol. The molecule has 0 N–H and O–H groups in total. The Hall–Kier alpha value is -1.58. The molecule has 0 aliphatic carbocycles. The van der Waals surface area contributed by atoms with E-state index >= 15 is 0 Å². The molecule has 1 saturated heterocycles. The van der Waals surface area contributed by atoms with Crippen LogP contribution >= 0.6 is 0 Å². The number of carbonyl (C=O) groups is 1. The Kier molecular flexibility index (Phi) is 4.18. The fraction of sp³-hybridized carbons (Fsp3) is 0.500. The summed E-state index contributed by atoms with van der Waals surface area (Å²) in [5, 5.41) is 0. The highest BCUT2D eigenvalue weighted by molar-refractivity contribution is 5.68. The first-order chi connectivity index (χ1) is 8.68. The summed E-state index contributed by atoms with van der Waals surface area (Å²) in [6.45, 7) is 2.32. The predicted molar refractivity (Wildman–Crippen MR) is 66.9 cm³/mol. The molecule has 0 radical (unpaired) electrons. The molecule has 3 nitrogen and oxygen atoms in total. The van der Waals surface area contributed by atoms with Crippen LogP contribution in [0.25, 0.3) is 0 Å². The van der Waals surface area contributed by atoms with Gasteiger partial charge in [-0.3, -0.25) is 0 Å². The summed E-state index contributed by atoms with van der Waals surface area (Å²) in [4.78, 5) is 13.4. The van der Waals surface area contributed by atoms with Gasteiger partial charge in [0.1, 0.15) is 12.8 Å². The topological polar surface area (TPSA) is 29.5 Å². The fourth-order valence-corrected chi connectivity index (χ4v) is 2.30. The minimum absolute atomic E-state index is 0.240. The molecule has 2 atom stereocenters. The van der Waals surface area contributed by atoms with Crippen LogP contribution in [0.2, 0.25) is 0 Å². The number of ether oxygens (including phenoxy) is 1. The van der Waals surface area contributed by atoms with E-state index < -0.39 is 12.3 Å². The lowest BCUT2D eigenvalue weighted by Gasteiger charge is -2.24. The van der Waals surface area contributed by atoms with E-state index in [1.165, 1.54) is 11.8 Å². The van der Waals surface area contributed by atoms with Crippen molar-refractivity contribution in [3.63, 3.8) is 0 Å². The minimum Gasteiger partial charge on any atom is -0.445 e. The van der Waals surface area contributed by atoms with Gasteiger partial charge in [0.2, 0.25) is 0 Å². The second-order valence-electron chi connectivity index (χ2n) is 4.62. The second-order valence-corrected chi connectivity index (χ2v) is 4.62. The molecule has 0 bridgehead atoms. The smallest absolute Gasteiger partial charge is 0.410 e. The Morgan fingerprint density at radius 1 is 1.50 bits per heavy atom. The highest BCUT2D eigenvalue weighted by Crippen LogP contribution is 2.22. The normalized spacial score (nSPS) is 20.8. The van der Waals surface area contributed by atoms with Gasteiger partial charge in [-0.05, 0) is 25.3 Å². The van der Waals surface area contributed by atoms with Gasteiger partial charge in [-0.1, -0.05) is 30.3 Å². The number of rotatable bonds is 3. The molecule has 1 heterocycles. The van der Waals surface area contributed by atoms with Crippen molar-refractivity contribution in [1.82, 2.24) is 4.90 Å². The molecular formula is C14H18FNO2. The van der Waals surface area contributed by atoms with Crippen LogP contribution in [0.3, 0.4) is 0 Å². The van der Waals surface area contributed by atoms with Crippen LogP contribution in [-0.4, -0.2) is 29.8 Å². The summed E-state index contributed by atoms with van der Waals surface area (Å²) in [5.41, 5.74) is 0.940. The monoisotopic (exact) mass is 251 g/mol. The van der Waals surface area contributed by atoms with Crippen molar-refractivity contribution < 1.29 is 13.9 Å². The molecule has 0 aromatic heterocycles. The van der Waals surface area contributed by atoms with Gasteiger partial charge < -0.3 is 9.64 Å². The average molecular weight is 251 g/mol. The zero-order valence-electron chi connectivity index (χ0n) is 10.5. The van der Waals surface area contributed by atoms with Gasteiger partial charge in [-0.15, -0.1) is 0 Å². The van der Waals surface area contributed by atoms with Crippen LogP contribution in [0.4, 0.5) is 9.18 Å². The third-order valence-electron chi connectivity index (χ3n) is 3.27. The number of benzene rings is 1. The van der Waals surface area contributed by atoms with E-state index in [1.54, 1.807) is 0 Å². The maximum atomic E-state index is 13.3. The van der Waals surface area contributed by atoms with Crippen molar-refractivity contribution >= 4 is 6.09 Å². The summed E-state index contributed by atoms with van der Waals surface area (Å²) < 4.78 is 18.5. The van der Waals surface area contributed by atoms with Crippen molar-refractivity contribution in [2.75, 3.05) is 6.54 Å². The molecule has 0 spiro atoms. The first-order valence-electron chi connectivity index (χ1n) is 6.30. The summed E-state index contributed by atoms with van der Waals surface area (Å²) in [5.74, 6) is 0. The highest BCUT2D eigenvalue weighted by Gasteiger charge is 2.33. The Morgan fingerprint density at radius 3 is 2.89 bits per heavy atom. The quantitative estimate of drug-likeness (QED) is 0.826. The van der Waals surface area contributed by atoms with Gasteiger partial charge in [0.15, 0.2) is 0 Å². The number of hydrogen-bond acceptors (Lipinski definition) is 2. The molecule has 4 heteroatoms. The van der Waals surface area contributed by atoms with Gasteiger partial charge in [0, 0.05) is 6.54 Å². The number of alkyl halides is 1. The first-order valence-corrected chi connectivity index (χ1v) is 6.30. The number of hydrogen-bond donors (Lipinski definition) is 0. The number of amides is 1. The molecule has 98 valence electrons. The van der Waals surface area contributed by atoms with Crippen molar-refractivity contribution in [3.8, 4) is 0 Å².